The van der Waals surface area contributed by atoms with Crippen molar-refractivity contribution in [1.29, 1.82) is 0 Å². The number of benzene rings is 2. The van der Waals surface area contributed by atoms with Gasteiger partial charge in [-0.3, -0.25) is 9.59 Å². The summed E-state index contributed by atoms with van der Waals surface area (Å²) in [6.07, 6.45) is 1.32. The van der Waals surface area contributed by atoms with Crippen LogP contribution in [0.1, 0.15) is 28.8 Å². The number of nitrogens with zero attached hydrogens (tertiary/aromatic N) is 1. The molecule has 0 saturated carbocycles. The SMILES string of the molecule is Cc1ccc(C(=O)N2CCC(C(=O)Nc3ccccc3Cl)CC2)cc1. The Morgan fingerprint density at radius 3 is 2.32 bits per heavy atom. The summed E-state index contributed by atoms with van der Waals surface area (Å²) >= 11 is 6.08. The third-order valence-corrected chi connectivity index (χ3v) is 4.91. The summed E-state index contributed by atoms with van der Waals surface area (Å²) in [7, 11) is 0. The molecule has 0 unspecified atom stereocenters. The number of aryl methyl sites for hydroxylation is 1. The van der Waals surface area contributed by atoms with Gasteiger partial charge in [-0.1, -0.05) is 41.4 Å². The molecular formula is C20H21ClN2O2. The number of amides is 2. The van der Waals surface area contributed by atoms with Crippen LogP contribution in [0.3, 0.4) is 0 Å². The summed E-state index contributed by atoms with van der Waals surface area (Å²) in [4.78, 5) is 26.8. The molecule has 1 saturated heterocycles. The summed E-state index contributed by atoms with van der Waals surface area (Å²) in [5.74, 6) is -0.0983. The van der Waals surface area contributed by atoms with Crippen molar-refractivity contribution in [2.75, 3.05) is 18.4 Å². The van der Waals surface area contributed by atoms with Crippen LogP contribution in [0.25, 0.3) is 0 Å². The Balaban J connectivity index is 1.56. The van der Waals surface area contributed by atoms with E-state index in [0.717, 1.165) is 5.56 Å². The van der Waals surface area contributed by atoms with Crippen LogP contribution in [0, 0.1) is 12.8 Å². The molecule has 4 nitrogen and oxygen atoms in total. The molecule has 0 aromatic heterocycles. The Bertz CT molecular complexity index is 766. The van der Waals surface area contributed by atoms with E-state index < -0.39 is 0 Å². The maximum absolute atomic E-state index is 12.5. The molecular weight excluding hydrogens is 336 g/mol. The minimum Gasteiger partial charge on any atom is -0.339 e. The molecule has 1 fully saturated rings. The molecule has 25 heavy (non-hydrogen) atoms. The zero-order valence-corrected chi connectivity index (χ0v) is 14.9. The average molecular weight is 357 g/mol. The van der Waals surface area contributed by atoms with E-state index in [2.05, 4.69) is 5.32 Å². The first-order chi connectivity index (χ1) is 12.0. The molecule has 1 heterocycles. The number of hydrogen-bond acceptors (Lipinski definition) is 2. The number of likely N-dealkylation sites (tertiary alicyclic amines) is 1. The minimum atomic E-state index is -0.0988. The fraction of sp³-hybridized carbons (Fsp3) is 0.300. The van der Waals surface area contributed by atoms with Gasteiger partial charge in [-0.2, -0.15) is 0 Å². The predicted molar refractivity (Wildman–Crippen MR) is 99.9 cm³/mol. The smallest absolute Gasteiger partial charge is 0.253 e. The first kappa shape index (κ1) is 17.5. The van der Waals surface area contributed by atoms with Crippen molar-refractivity contribution < 1.29 is 9.59 Å². The molecule has 130 valence electrons. The largest absolute Gasteiger partial charge is 0.339 e. The Hall–Kier alpha value is -2.33. The highest BCUT2D eigenvalue weighted by Gasteiger charge is 2.28. The standard InChI is InChI=1S/C20H21ClN2O2/c1-14-6-8-16(9-7-14)20(25)23-12-10-15(11-13-23)19(24)22-18-5-3-2-4-17(18)21/h2-9,15H,10-13H2,1H3,(H,22,24). The van der Waals surface area contributed by atoms with Gasteiger partial charge < -0.3 is 10.2 Å². The first-order valence-electron chi connectivity index (χ1n) is 8.46. The van der Waals surface area contributed by atoms with E-state index in [0.29, 0.717) is 42.2 Å². The van der Waals surface area contributed by atoms with Crippen LogP contribution in [0.5, 0.6) is 0 Å². The van der Waals surface area contributed by atoms with Crippen LogP contribution >= 0.6 is 11.6 Å². The van der Waals surface area contributed by atoms with E-state index in [4.69, 9.17) is 11.6 Å². The van der Waals surface area contributed by atoms with Crippen LogP contribution in [0.15, 0.2) is 48.5 Å². The number of hydrogen-bond donors (Lipinski definition) is 1. The second-order valence-corrected chi connectivity index (χ2v) is 6.81. The van der Waals surface area contributed by atoms with Gasteiger partial charge >= 0.3 is 0 Å². The third kappa shape index (κ3) is 4.20. The van der Waals surface area contributed by atoms with Crippen molar-refractivity contribution in [2.24, 2.45) is 5.92 Å². The zero-order valence-electron chi connectivity index (χ0n) is 14.2. The van der Waals surface area contributed by atoms with Crippen LogP contribution in [-0.4, -0.2) is 29.8 Å². The molecule has 0 bridgehead atoms. The lowest BCUT2D eigenvalue weighted by Gasteiger charge is -2.31. The van der Waals surface area contributed by atoms with Crippen LogP contribution in [-0.2, 0) is 4.79 Å². The number of piperidine rings is 1. The molecule has 2 amide bonds. The highest BCUT2D eigenvalue weighted by atomic mass is 35.5. The monoisotopic (exact) mass is 356 g/mol. The van der Waals surface area contributed by atoms with Crippen molar-refractivity contribution in [2.45, 2.75) is 19.8 Å². The quantitative estimate of drug-likeness (QED) is 0.898. The fourth-order valence-corrected chi connectivity index (χ4v) is 3.20. The number of halogens is 1. The van der Waals surface area contributed by atoms with E-state index in [1.165, 1.54) is 0 Å². The minimum absolute atomic E-state index is 0.0319. The van der Waals surface area contributed by atoms with E-state index in [1.54, 1.807) is 12.1 Å². The van der Waals surface area contributed by atoms with Crippen LogP contribution in [0.2, 0.25) is 5.02 Å². The van der Waals surface area contributed by atoms with Gasteiger partial charge in [0.15, 0.2) is 0 Å². The molecule has 3 rings (SSSR count). The predicted octanol–water partition coefficient (Wildman–Crippen LogP) is 4.14. The zero-order chi connectivity index (χ0) is 17.8. The van der Waals surface area contributed by atoms with E-state index in [1.807, 2.05) is 48.2 Å². The van der Waals surface area contributed by atoms with Crippen molar-refractivity contribution >= 4 is 29.1 Å². The van der Waals surface area contributed by atoms with Gasteiger partial charge in [0.1, 0.15) is 0 Å². The van der Waals surface area contributed by atoms with Gasteiger partial charge in [0.05, 0.1) is 10.7 Å². The van der Waals surface area contributed by atoms with Gasteiger partial charge in [0.2, 0.25) is 5.91 Å². The number of anilines is 1. The topological polar surface area (TPSA) is 49.4 Å². The van der Waals surface area contributed by atoms with Crippen LogP contribution < -0.4 is 5.32 Å². The van der Waals surface area contributed by atoms with E-state index in [9.17, 15) is 9.59 Å². The summed E-state index contributed by atoms with van der Waals surface area (Å²) in [6, 6.07) is 14.8. The highest BCUT2D eigenvalue weighted by molar-refractivity contribution is 6.33. The molecule has 0 aliphatic carbocycles. The number of nitrogens with one attached hydrogen (secondary N) is 1. The Labute approximate surface area is 152 Å². The maximum atomic E-state index is 12.5. The Morgan fingerprint density at radius 1 is 1.04 bits per heavy atom. The molecule has 0 radical (unpaired) electrons. The Kier molecular flexibility index (Phi) is 5.39. The molecule has 0 atom stereocenters. The number of rotatable bonds is 3. The normalized spacial score (nSPS) is 15.0. The molecule has 1 N–H and O–H groups in total. The second-order valence-electron chi connectivity index (χ2n) is 6.40. The lowest BCUT2D eigenvalue weighted by molar-refractivity contribution is -0.121. The van der Waals surface area contributed by atoms with E-state index >= 15 is 0 Å². The first-order valence-corrected chi connectivity index (χ1v) is 8.84. The van der Waals surface area contributed by atoms with Gasteiger partial charge in [-0.25, -0.2) is 0 Å². The second kappa shape index (κ2) is 7.70. The van der Waals surface area contributed by atoms with Gasteiger partial charge in [-0.05, 0) is 44.0 Å². The molecule has 1 aliphatic rings. The van der Waals surface area contributed by atoms with Crippen molar-refractivity contribution in [3.8, 4) is 0 Å². The third-order valence-electron chi connectivity index (χ3n) is 4.58. The number of carbonyl (C=O) groups excluding carboxylic acids is 2. The van der Waals surface area contributed by atoms with Crippen molar-refractivity contribution in [3.05, 3.63) is 64.7 Å². The molecule has 0 spiro atoms. The van der Waals surface area contributed by atoms with Gasteiger partial charge in [0.25, 0.3) is 5.91 Å². The lowest BCUT2D eigenvalue weighted by Crippen LogP contribution is -2.41. The fourth-order valence-electron chi connectivity index (χ4n) is 3.02. The highest BCUT2D eigenvalue weighted by Crippen LogP contribution is 2.24. The maximum Gasteiger partial charge on any atom is 0.253 e. The van der Waals surface area contributed by atoms with Gasteiger partial charge in [-0.15, -0.1) is 0 Å². The summed E-state index contributed by atoms with van der Waals surface area (Å²) in [5.41, 5.74) is 2.46. The van der Waals surface area contributed by atoms with Gasteiger partial charge in [0, 0.05) is 24.6 Å². The molecule has 5 heteroatoms. The summed E-state index contributed by atoms with van der Waals surface area (Å²) < 4.78 is 0. The number of carbonyl (C=O) groups is 2. The van der Waals surface area contributed by atoms with E-state index in [-0.39, 0.29) is 17.7 Å². The van der Waals surface area contributed by atoms with Crippen molar-refractivity contribution in [3.63, 3.8) is 0 Å². The lowest BCUT2D eigenvalue weighted by atomic mass is 9.95. The molecule has 2 aromatic carbocycles. The summed E-state index contributed by atoms with van der Waals surface area (Å²) in [5, 5.41) is 3.42. The van der Waals surface area contributed by atoms with Crippen molar-refractivity contribution in [1.82, 2.24) is 4.90 Å². The Morgan fingerprint density at radius 2 is 1.68 bits per heavy atom. The van der Waals surface area contributed by atoms with Crippen LogP contribution in [0.4, 0.5) is 5.69 Å². The molecule has 2 aromatic rings. The summed E-state index contributed by atoms with van der Waals surface area (Å²) in [6.45, 7) is 3.18. The molecule has 1 aliphatic heterocycles. The average Bonchev–Trinajstić information content (AvgIpc) is 2.64. The number of para-hydroxylation sites is 1.